The monoisotopic (exact) mass is 280 g/mol. The number of carbonyl (C=O) groups is 1. The Hall–Kier alpha value is -2.35. The third-order valence-electron chi connectivity index (χ3n) is 3.40. The van der Waals surface area contributed by atoms with E-state index in [0.29, 0.717) is 11.8 Å². The fourth-order valence-electron chi connectivity index (χ4n) is 2.07. The quantitative estimate of drug-likeness (QED) is 0.655. The van der Waals surface area contributed by atoms with Crippen LogP contribution in [0.3, 0.4) is 0 Å². The molecule has 0 aliphatic heterocycles. The highest BCUT2D eigenvalue weighted by atomic mass is 16.3. The van der Waals surface area contributed by atoms with Gasteiger partial charge in [0.1, 0.15) is 5.75 Å². The molecule has 0 atom stereocenters. The number of benzene rings is 2. The predicted molar refractivity (Wildman–Crippen MR) is 87.6 cm³/mol. The van der Waals surface area contributed by atoms with E-state index in [1.807, 2.05) is 24.3 Å². The minimum atomic E-state index is 0.0110. The van der Waals surface area contributed by atoms with Crippen LogP contribution < -0.4 is 0 Å². The second kappa shape index (κ2) is 5.96. The Morgan fingerprint density at radius 3 is 2.24 bits per heavy atom. The van der Waals surface area contributed by atoms with E-state index in [0.717, 1.165) is 11.1 Å². The molecule has 21 heavy (non-hydrogen) atoms. The molecule has 0 aromatic heterocycles. The first-order valence-electron chi connectivity index (χ1n) is 6.97. The Balaban J connectivity index is 2.27. The summed E-state index contributed by atoms with van der Waals surface area (Å²) in [6.07, 6.45) is 4.61. The van der Waals surface area contributed by atoms with Crippen LogP contribution in [0, 0.1) is 0 Å². The van der Waals surface area contributed by atoms with Crippen molar-refractivity contribution in [1.29, 1.82) is 0 Å². The molecule has 0 heterocycles. The molecule has 0 saturated heterocycles. The van der Waals surface area contributed by atoms with Crippen LogP contribution in [0.2, 0.25) is 0 Å². The smallest absolute Gasteiger partial charge is 0.153 e. The Labute approximate surface area is 125 Å². The molecular weight excluding hydrogens is 260 g/mol. The van der Waals surface area contributed by atoms with Crippen molar-refractivity contribution in [3.05, 3.63) is 64.7 Å². The molecule has 2 heteroatoms. The fraction of sp³-hybridized carbons (Fsp3) is 0.211. The lowest BCUT2D eigenvalue weighted by molar-refractivity contribution is 0.112. The Kier molecular flexibility index (Phi) is 4.27. The van der Waals surface area contributed by atoms with Crippen molar-refractivity contribution in [2.45, 2.75) is 26.2 Å². The van der Waals surface area contributed by atoms with Crippen molar-refractivity contribution >= 4 is 18.4 Å². The highest BCUT2D eigenvalue weighted by Gasteiger charge is 2.12. The second-order valence-electron chi connectivity index (χ2n) is 6.14. The Morgan fingerprint density at radius 2 is 1.62 bits per heavy atom. The summed E-state index contributed by atoms with van der Waals surface area (Å²) < 4.78 is 0. The van der Waals surface area contributed by atoms with Crippen LogP contribution in [0.4, 0.5) is 0 Å². The molecule has 0 bridgehead atoms. The summed E-state index contributed by atoms with van der Waals surface area (Å²) in [5.41, 5.74) is 3.70. The minimum Gasteiger partial charge on any atom is -0.507 e. The summed E-state index contributed by atoms with van der Waals surface area (Å²) in [6, 6.07) is 13.4. The number of hydrogen-bond donors (Lipinski definition) is 1. The Bertz CT molecular complexity index is 676. The molecule has 0 radical (unpaired) electrons. The van der Waals surface area contributed by atoms with Gasteiger partial charge < -0.3 is 5.11 Å². The maximum Gasteiger partial charge on any atom is 0.153 e. The number of hydrogen-bond acceptors (Lipinski definition) is 2. The van der Waals surface area contributed by atoms with Gasteiger partial charge in [0.15, 0.2) is 6.29 Å². The van der Waals surface area contributed by atoms with Gasteiger partial charge in [0.2, 0.25) is 0 Å². The summed E-state index contributed by atoms with van der Waals surface area (Å²) in [4.78, 5) is 10.8. The highest BCUT2D eigenvalue weighted by Crippen LogP contribution is 2.24. The minimum absolute atomic E-state index is 0.0110. The van der Waals surface area contributed by atoms with Crippen molar-refractivity contribution in [3.63, 3.8) is 0 Å². The Morgan fingerprint density at radius 1 is 0.952 bits per heavy atom. The van der Waals surface area contributed by atoms with Gasteiger partial charge in [-0.15, -0.1) is 0 Å². The van der Waals surface area contributed by atoms with Crippen LogP contribution in [0.15, 0.2) is 42.5 Å². The van der Waals surface area contributed by atoms with Gasteiger partial charge in [0, 0.05) is 0 Å². The van der Waals surface area contributed by atoms with E-state index in [-0.39, 0.29) is 11.2 Å². The van der Waals surface area contributed by atoms with Crippen molar-refractivity contribution < 1.29 is 9.90 Å². The third-order valence-corrected chi connectivity index (χ3v) is 3.40. The second-order valence-corrected chi connectivity index (χ2v) is 6.14. The largest absolute Gasteiger partial charge is 0.507 e. The molecule has 2 aromatic rings. The van der Waals surface area contributed by atoms with Gasteiger partial charge in [-0.05, 0) is 34.2 Å². The zero-order chi connectivity index (χ0) is 15.5. The standard InChI is InChI=1S/C19H20O2/c1-19(2,3)17-6-4-5-14(12-17)7-8-15-9-10-18(21)16(11-15)13-20/h4-13,21H,1-3H3. The molecule has 0 fully saturated rings. The molecule has 108 valence electrons. The molecule has 0 amide bonds. The molecule has 2 aromatic carbocycles. The van der Waals surface area contributed by atoms with E-state index < -0.39 is 0 Å². The van der Waals surface area contributed by atoms with E-state index in [1.54, 1.807) is 12.1 Å². The van der Waals surface area contributed by atoms with Gasteiger partial charge in [-0.25, -0.2) is 0 Å². The van der Waals surface area contributed by atoms with Crippen molar-refractivity contribution in [2.75, 3.05) is 0 Å². The number of aromatic hydroxyl groups is 1. The number of phenols is 1. The molecule has 0 aliphatic rings. The van der Waals surface area contributed by atoms with Crippen LogP contribution in [-0.2, 0) is 5.41 Å². The summed E-state index contributed by atoms with van der Waals surface area (Å²) in [5, 5.41) is 9.49. The molecule has 2 nitrogen and oxygen atoms in total. The molecule has 0 aliphatic carbocycles. The molecule has 2 rings (SSSR count). The van der Waals surface area contributed by atoms with E-state index in [2.05, 4.69) is 32.9 Å². The summed E-state index contributed by atoms with van der Waals surface area (Å²) in [5.74, 6) is 0.0110. The first kappa shape index (κ1) is 15.0. The van der Waals surface area contributed by atoms with Crippen LogP contribution in [-0.4, -0.2) is 11.4 Å². The van der Waals surface area contributed by atoms with Gasteiger partial charge in [0.25, 0.3) is 0 Å². The highest BCUT2D eigenvalue weighted by molar-refractivity contribution is 5.81. The number of rotatable bonds is 3. The predicted octanol–water partition coefficient (Wildman–Crippen LogP) is 4.67. The lowest BCUT2D eigenvalue weighted by atomic mass is 9.86. The van der Waals surface area contributed by atoms with Crippen molar-refractivity contribution in [1.82, 2.24) is 0 Å². The van der Waals surface area contributed by atoms with Gasteiger partial charge in [-0.3, -0.25) is 4.79 Å². The normalized spacial score (nSPS) is 11.8. The molecule has 0 unspecified atom stereocenters. The lowest BCUT2D eigenvalue weighted by Gasteiger charge is -2.19. The summed E-state index contributed by atoms with van der Waals surface area (Å²) in [7, 11) is 0. The van der Waals surface area contributed by atoms with Crippen LogP contribution in [0.1, 0.15) is 47.8 Å². The molecule has 0 spiro atoms. The van der Waals surface area contributed by atoms with Gasteiger partial charge in [-0.1, -0.05) is 63.3 Å². The van der Waals surface area contributed by atoms with Crippen molar-refractivity contribution in [3.8, 4) is 5.75 Å². The zero-order valence-electron chi connectivity index (χ0n) is 12.6. The first-order valence-corrected chi connectivity index (χ1v) is 6.97. The van der Waals surface area contributed by atoms with Gasteiger partial charge in [-0.2, -0.15) is 0 Å². The molecule has 0 saturated carbocycles. The average molecular weight is 280 g/mol. The van der Waals surface area contributed by atoms with E-state index in [9.17, 15) is 9.90 Å². The first-order chi connectivity index (χ1) is 9.90. The fourth-order valence-corrected chi connectivity index (χ4v) is 2.07. The topological polar surface area (TPSA) is 37.3 Å². The maximum absolute atomic E-state index is 10.8. The maximum atomic E-state index is 10.8. The summed E-state index contributed by atoms with van der Waals surface area (Å²) in [6.45, 7) is 6.56. The third kappa shape index (κ3) is 3.82. The SMILES string of the molecule is CC(C)(C)c1cccc(C=Cc2ccc(O)c(C=O)c2)c1. The lowest BCUT2D eigenvalue weighted by Crippen LogP contribution is -2.10. The zero-order valence-corrected chi connectivity index (χ0v) is 12.6. The van der Waals surface area contributed by atoms with E-state index in [1.165, 1.54) is 11.6 Å². The van der Waals surface area contributed by atoms with Crippen molar-refractivity contribution in [2.24, 2.45) is 0 Å². The molecular formula is C19H20O2. The number of phenolic OH excluding ortho intramolecular Hbond substituents is 1. The van der Waals surface area contributed by atoms with Crippen LogP contribution >= 0.6 is 0 Å². The van der Waals surface area contributed by atoms with Crippen LogP contribution in [0.5, 0.6) is 5.75 Å². The number of aldehydes is 1. The van der Waals surface area contributed by atoms with Gasteiger partial charge >= 0.3 is 0 Å². The van der Waals surface area contributed by atoms with E-state index in [4.69, 9.17) is 0 Å². The molecule has 1 N–H and O–H groups in total. The summed E-state index contributed by atoms with van der Waals surface area (Å²) >= 11 is 0. The average Bonchev–Trinajstić information content (AvgIpc) is 2.46. The van der Waals surface area contributed by atoms with Gasteiger partial charge in [0.05, 0.1) is 5.56 Å². The van der Waals surface area contributed by atoms with Crippen LogP contribution in [0.25, 0.3) is 12.2 Å². The van der Waals surface area contributed by atoms with E-state index >= 15 is 0 Å². The number of carbonyl (C=O) groups excluding carboxylic acids is 1.